The number of nitrogens with zero attached hydrogens (tertiary/aromatic N) is 1. The number of allylic oxidation sites excluding steroid dienone is 5. The molecule has 84 valence electrons. The average Bonchev–Trinajstić information content (AvgIpc) is 2.45. The summed E-state index contributed by atoms with van der Waals surface area (Å²) in [6, 6.07) is 0. The molecule has 2 heterocycles. The summed E-state index contributed by atoms with van der Waals surface area (Å²) >= 11 is 0. The highest BCUT2D eigenvalue weighted by molar-refractivity contribution is 5.88. The van der Waals surface area contributed by atoms with Crippen LogP contribution in [0.4, 0.5) is 0 Å². The first-order valence-corrected chi connectivity index (χ1v) is 6.02. The SMILES string of the molecule is CC1(C)C=CC2=C3C(=C1)CC(=O)N3CCC2. The topological polar surface area (TPSA) is 20.3 Å². The first-order valence-electron chi connectivity index (χ1n) is 6.02. The van der Waals surface area contributed by atoms with Crippen molar-refractivity contribution in [3.05, 3.63) is 35.1 Å². The third-order valence-electron chi connectivity index (χ3n) is 3.61. The number of rotatable bonds is 0. The van der Waals surface area contributed by atoms with Crippen LogP contribution in [0.2, 0.25) is 0 Å². The largest absolute Gasteiger partial charge is 0.312 e. The van der Waals surface area contributed by atoms with Crippen LogP contribution in [0.15, 0.2) is 35.1 Å². The molecule has 0 unspecified atom stereocenters. The minimum atomic E-state index is 0.0724. The van der Waals surface area contributed by atoms with Crippen molar-refractivity contribution in [3.8, 4) is 0 Å². The van der Waals surface area contributed by atoms with Gasteiger partial charge in [0.2, 0.25) is 5.91 Å². The molecule has 3 aliphatic rings. The van der Waals surface area contributed by atoms with E-state index in [9.17, 15) is 4.79 Å². The van der Waals surface area contributed by atoms with Crippen LogP contribution < -0.4 is 0 Å². The lowest BCUT2D eigenvalue weighted by atomic mass is 9.91. The Kier molecular flexibility index (Phi) is 1.91. The second-order valence-corrected chi connectivity index (χ2v) is 5.52. The molecule has 0 bridgehead atoms. The van der Waals surface area contributed by atoms with Crippen LogP contribution in [0.5, 0.6) is 0 Å². The molecule has 0 N–H and O–H groups in total. The van der Waals surface area contributed by atoms with E-state index >= 15 is 0 Å². The van der Waals surface area contributed by atoms with Gasteiger partial charge in [0.05, 0.1) is 12.1 Å². The lowest BCUT2D eigenvalue weighted by Gasteiger charge is -2.25. The van der Waals surface area contributed by atoms with Gasteiger partial charge in [-0.2, -0.15) is 0 Å². The highest BCUT2D eigenvalue weighted by Crippen LogP contribution is 2.41. The summed E-state index contributed by atoms with van der Waals surface area (Å²) in [6.45, 7) is 5.30. The Morgan fingerprint density at radius 3 is 3.00 bits per heavy atom. The van der Waals surface area contributed by atoms with Crippen molar-refractivity contribution in [1.29, 1.82) is 0 Å². The summed E-state index contributed by atoms with van der Waals surface area (Å²) in [4.78, 5) is 13.9. The summed E-state index contributed by atoms with van der Waals surface area (Å²) in [5.74, 6) is 0.282. The van der Waals surface area contributed by atoms with Crippen LogP contribution >= 0.6 is 0 Å². The Hall–Kier alpha value is -1.31. The highest BCUT2D eigenvalue weighted by atomic mass is 16.2. The quantitative estimate of drug-likeness (QED) is 0.608. The first kappa shape index (κ1) is 9.88. The van der Waals surface area contributed by atoms with Gasteiger partial charge in [-0.05, 0) is 24.0 Å². The maximum absolute atomic E-state index is 11.9. The smallest absolute Gasteiger partial charge is 0.231 e. The van der Waals surface area contributed by atoms with Gasteiger partial charge in [0.25, 0.3) is 0 Å². The normalized spacial score (nSPS) is 26.8. The number of carbonyl (C=O) groups excluding carboxylic acids is 1. The second kappa shape index (κ2) is 3.09. The zero-order chi connectivity index (χ0) is 11.3. The Balaban J connectivity index is 2.18. The van der Waals surface area contributed by atoms with E-state index in [0.717, 1.165) is 19.4 Å². The number of hydrogen-bond donors (Lipinski definition) is 0. The third kappa shape index (κ3) is 1.36. The van der Waals surface area contributed by atoms with E-state index in [0.29, 0.717) is 6.42 Å². The summed E-state index contributed by atoms with van der Waals surface area (Å²) < 4.78 is 0. The van der Waals surface area contributed by atoms with E-state index < -0.39 is 0 Å². The fraction of sp³-hybridized carbons (Fsp3) is 0.500. The Labute approximate surface area is 96.3 Å². The van der Waals surface area contributed by atoms with E-state index in [-0.39, 0.29) is 11.3 Å². The van der Waals surface area contributed by atoms with Gasteiger partial charge in [-0.15, -0.1) is 0 Å². The van der Waals surface area contributed by atoms with E-state index in [1.54, 1.807) is 0 Å². The maximum Gasteiger partial charge on any atom is 0.231 e. The van der Waals surface area contributed by atoms with Crippen molar-refractivity contribution in [3.63, 3.8) is 0 Å². The Bertz CT molecular complexity index is 451. The minimum Gasteiger partial charge on any atom is -0.312 e. The molecule has 1 aliphatic carbocycles. The molecule has 0 aromatic heterocycles. The summed E-state index contributed by atoms with van der Waals surface area (Å²) in [5.41, 5.74) is 3.89. The van der Waals surface area contributed by atoms with Gasteiger partial charge >= 0.3 is 0 Å². The highest BCUT2D eigenvalue weighted by Gasteiger charge is 2.36. The predicted octanol–water partition coefficient (Wildman–Crippen LogP) is 2.79. The summed E-state index contributed by atoms with van der Waals surface area (Å²) in [6.07, 6.45) is 9.56. The lowest BCUT2D eigenvalue weighted by molar-refractivity contribution is -0.126. The number of amides is 1. The van der Waals surface area contributed by atoms with Crippen LogP contribution in [0, 0.1) is 5.41 Å². The molecule has 16 heavy (non-hydrogen) atoms. The van der Waals surface area contributed by atoms with Crippen LogP contribution in [-0.4, -0.2) is 17.4 Å². The van der Waals surface area contributed by atoms with Crippen LogP contribution in [0.25, 0.3) is 0 Å². The molecular weight excluding hydrogens is 198 g/mol. The van der Waals surface area contributed by atoms with Crippen molar-refractivity contribution in [2.75, 3.05) is 6.54 Å². The van der Waals surface area contributed by atoms with Crippen molar-refractivity contribution >= 4 is 5.91 Å². The van der Waals surface area contributed by atoms with Crippen molar-refractivity contribution in [2.24, 2.45) is 5.41 Å². The molecule has 2 aliphatic heterocycles. The van der Waals surface area contributed by atoms with Gasteiger partial charge in [-0.25, -0.2) is 0 Å². The van der Waals surface area contributed by atoms with Crippen molar-refractivity contribution in [2.45, 2.75) is 33.1 Å². The second-order valence-electron chi connectivity index (χ2n) is 5.52. The van der Waals surface area contributed by atoms with E-state index in [1.807, 2.05) is 4.90 Å². The molecule has 1 fully saturated rings. The van der Waals surface area contributed by atoms with Gasteiger partial charge in [0.15, 0.2) is 0 Å². The van der Waals surface area contributed by atoms with Crippen LogP contribution in [-0.2, 0) is 4.79 Å². The van der Waals surface area contributed by atoms with Gasteiger partial charge < -0.3 is 4.90 Å². The van der Waals surface area contributed by atoms with Crippen LogP contribution in [0.3, 0.4) is 0 Å². The Morgan fingerprint density at radius 1 is 1.38 bits per heavy atom. The van der Waals surface area contributed by atoms with Gasteiger partial charge in [-0.3, -0.25) is 4.79 Å². The molecular formula is C14H17NO. The zero-order valence-electron chi connectivity index (χ0n) is 9.92. The predicted molar refractivity (Wildman–Crippen MR) is 63.6 cm³/mol. The fourth-order valence-electron chi connectivity index (χ4n) is 2.90. The van der Waals surface area contributed by atoms with Gasteiger partial charge in [0, 0.05) is 12.0 Å². The summed E-state index contributed by atoms with van der Waals surface area (Å²) in [7, 11) is 0. The van der Waals surface area contributed by atoms with Gasteiger partial charge in [0.1, 0.15) is 0 Å². The summed E-state index contributed by atoms with van der Waals surface area (Å²) in [5, 5.41) is 0. The zero-order valence-corrected chi connectivity index (χ0v) is 9.92. The molecule has 0 saturated carbocycles. The number of hydrogen-bond acceptors (Lipinski definition) is 1. The minimum absolute atomic E-state index is 0.0724. The molecule has 3 rings (SSSR count). The monoisotopic (exact) mass is 215 g/mol. The molecule has 0 radical (unpaired) electrons. The molecule has 1 saturated heterocycles. The number of carbonyl (C=O) groups is 1. The van der Waals surface area contributed by atoms with Crippen molar-refractivity contribution < 1.29 is 4.79 Å². The lowest BCUT2D eigenvalue weighted by Crippen LogP contribution is -2.28. The average molecular weight is 215 g/mol. The van der Waals surface area contributed by atoms with E-state index in [2.05, 4.69) is 32.1 Å². The van der Waals surface area contributed by atoms with Gasteiger partial charge in [-0.1, -0.05) is 32.1 Å². The third-order valence-corrected chi connectivity index (χ3v) is 3.61. The maximum atomic E-state index is 11.9. The molecule has 1 amide bonds. The molecule has 2 heteroatoms. The van der Waals surface area contributed by atoms with Crippen LogP contribution in [0.1, 0.15) is 33.1 Å². The molecule has 0 atom stereocenters. The van der Waals surface area contributed by atoms with Crippen molar-refractivity contribution in [1.82, 2.24) is 4.90 Å². The molecule has 0 aromatic rings. The fourth-order valence-corrected chi connectivity index (χ4v) is 2.90. The van der Waals surface area contributed by atoms with E-state index in [1.165, 1.54) is 16.8 Å². The molecule has 0 aromatic carbocycles. The standard InChI is InChI=1S/C14H17NO/c1-14(2)6-5-10-4-3-7-15-12(16)8-11(9-14)13(10)15/h5-6,9H,3-4,7-8H2,1-2H3. The molecule has 0 spiro atoms. The van der Waals surface area contributed by atoms with E-state index in [4.69, 9.17) is 0 Å². The first-order chi connectivity index (χ1) is 7.57. The Morgan fingerprint density at radius 2 is 2.19 bits per heavy atom. The molecule has 2 nitrogen and oxygen atoms in total.